The fraction of sp³-hybridized carbons (Fsp3) is 0.438. The Morgan fingerprint density at radius 3 is 2.30 bits per heavy atom. The summed E-state index contributed by atoms with van der Waals surface area (Å²) in [6, 6.07) is 7.18. The molecular weight excluding hydrogens is 364 g/mol. The summed E-state index contributed by atoms with van der Waals surface area (Å²) in [6.07, 6.45) is 2.05. The molecule has 0 atom stereocenters. The smallest absolute Gasteiger partial charge is 0.310 e. The first-order valence-electron chi connectivity index (χ1n) is 7.47. The molecule has 1 saturated carbocycles. The van der Waals surface area contributed by atoms with Crippen molar-refractivity contribution in [2.75, 3.05) is 11.9 Å². The Balaban J connectivity index is 1.70. The maximum absolute atomic E-state index is 11.8. The topological polar surface area (TPSA) is 95.5 Å². The minimum absolute atomic E-state index is 0.0172. The van der Waals surface area contributed by atoms with Crippen molar-refractivity contribution in [3.05, 3.63) is 28.7 Å². The van der Waals surface area contributed by atoms with E-state index in [1.54, 1.807) is 12.1 Å². The van der Waals surface area contributed by atoms with Crippen molar-refractivity contribution in [1.29, 1.82) is 0 Å². The number of hydrogen-bond donors (Lipinski definition) is 3. The average Bonchev–Trinajstić information content (AvgIpc) is 2.45. The van der Waals surface area contributed by atoms with Gasteiger partial charge in [0.25, 0.3) is 0 Å². The monoisotopic (exact) mass is 382 g/mol. The molecule has 0 saturated heterocycles. The number of aliphatic carboxylic acids is 1. The molecule has 1 aromatic rings. The van der Waals surface area contributed by atoms with Crippen molar-refractivity contribution in [3.8, 4) is 0 Å². The number of rotatable bonds is 7. The lowest BCUT2D eigenvalue weighted by molar-refractivity contribution is -0.157. The van der Waals surface area contributed by atoms with Gasteiger partial charge in [-0.15, -0.1) is 0 Å². The van der Waals surface area contributed by atoms with E-state index in [4.69, 9.17) is 0 Å². The molecule has 1 aliphatic rings. The van der Waals surface area contributed by atoms with Gasteiger partial charge < -0.3 is 15.7 Å². The van der Waals surface area contributed by atoms with E-state index in [1.807, 2.05) is 12.1 Å². The van der Waals surface area contributed by atoms with Crippen LogP contribution in [0.2, 0.25) is 0 Å². The summed E-state index contributed by atoms with van der Waals surface area (Å²) in [5.74, 6) is -1.43. The highest BCUT2D eigenvalue weighted by Gasteiger charge is 2.45. The highest BCUT2D eigenvalue weighted by molar-refractivity contribution is 9.10. The normalized spacial score (nSPS) is 15.3. The third kappa shape index (κ3) is 4.79. The van der Waals surface area contributed by atoms with Gasteiger partial charge in [0, 0.05) is 29.5 Å². The lowest BCUT2D eigenvalue weighted by Crippen LogP contribution is -2.42. The summed E-state index contributed by atoms with van der Waals surface area (Å²) in [6.45, 7) is 0.191. The zero-order chi connectivity index (χ0) is 16.9. The summed E-state index contributed by atoms with van der Waals surface area (Å²) in [4.78, 5) is 34.8. The third-order valence-corrected chi connectivity index (χ3v) is 4.59. The van der Waals surface area contributed by atoms with E-state index >= 15 is 0 Å². The first-order chi connectivity index (χ1) is 10.9. The van der Waals surface area contributed by atoms with Crippen LogP contribution in [0.4, 0.5) is 5.69 Å². The number of carboxylic acid groups (broad SMARTS) is 1. The van der Waals surface area contributed by atoms with Crippen molar-refractivity contribution in [1.82, 2.24) is 5.32 Å². The van der Waals surface area contributed by atoms with Gasteiger partial charge in [-0.1, -0.05) is 22.4 Å². The molecule has 0 radical (unpaired) electrons. The van der Waals surface area contributed by atoms with E-state index in [2.05, 4.69) is 26.6 Å². The molecule has 0 aliphatic heterocycles. The van der Waals surface area contributed by atoms with E-state index in [1.165, 1.54) is 0 Å². The van der Waals surface area contributed by atoms with E-state index < -0.39 is 11.4 Å². The van der Waals surface area contributed by atoms with Gasteiger partial charge in [0.2, 0.25) is 11.8 Å². The van der Waals surface area contributed by atoms with Crippen LogP contribution >= 0.6 is 15.9 Å². The molecule has 2 amide bonds. The quantitative estimate of drug-likeness (QED) is 0.674. The van der Waals surface area contributed by atoms with Gasteiger partial charge in [-0.05, 0) is 37.1 Å². The maximum Gasteiger partial charge on any atom is 0.310 e. The molecule has 6 nitrogen and oxygen atoms in total. The van der Waals surface area contributed by atoms with Crippen molar-refractivity contribution >= 4 is 39.4 Å². The number of halogens is 1. The molecule has 0 spiro atoms. The number of anilines is 1. The summed E-state index contributed by atoms with van der Waals surface area (Å²) >= 11 is 3.31. The van der Waals surface area contributed by atoms with E-state index in [9.17, 15) is 19.5 Å². The predicted octanol–water partition coefficient (Wildman–Crippen LogP) is 2.54. The first-order valence-corrected chi connectivity index (χ1v) is 8.26. The molecule has 7 heteroatoms. The van der Waals surface area contributed by atoms with E-state index in [0.717, 1.165) is 10.9 Å². The highest BCUT2D eigenvalue weighted by atomic mass is 79.9. The molecule has 1 fully saturated rings. The number of carbonyl (C=O) groups is 3. The van der Waals surface area contributed by atoms with Gasteiger partial charge in [-0.25, -0.2) is 0 Å². The van der Waals surface area contributed by atoms with Gasteiger partial charge in [0.05, 0.1) is 5.41 Å². The third-order valence-electron chi connectivity index (χ3n) is 4.07. The van der Waals surface area contributed by atoms with Crippen LogP contribution in [0.1, 0.15) is 32.1 Å². The van der Waals surface area contributed by atoms with Crippen LogP contribution in [-0.4, -0.2) is 29.4 Å². The largest absolute Gasteiger partial charge is 0.481 e. The molecule has 0 aromatic heterocycles. The lowest BCUT2D eigenvalue weighted by Gasteiger charge is -2.36. The molecule has 0 bridgehead atoms. The van der Waals surface area contributed by atoms with Crippen LogP contribution in [0.15, 0.2) is 28.7 Å². The van der Waals surface area contributed by atoms with Gasteiger partial charge in [-0.3, -0.25) is 14.4 Å². The second kappa shape index (κ2) is 7.59. The molecule has 124 valence electrons. The van der Waals surface area contributed by atoms with Crippen LogP contribution in [0.3, 0.4) is 0 Å². The molecule has 2 rings (SSSR count). The van der Waals surface area contributed by atoms with E-state index in [0.29, 0.717) is 18.5 Å². The van der Waals surface area contributed by atoms with Crippen LogP contribution in [-0.2, 0) is 14.4 Å². The summed E-state index contributed by atoms with van der Waals surface area (Å²) in [7, 11) is 0. The number of amides is 2. The lowest BCUT2D eigenvalue weighted by atomic mass is 9.66. The Morgan fingerprint density at radius 1 is 1.13 bits per heavy atom. The summed E-state index contributed by atoms with van der Waals surface area (Å²) in [5.41, 5.74) is -0.215. The van der Waals surface area contributed by atoms with Crippen molar-refractivity contribution in [2.45, 2.75) is 32.1 Å². The Morgan fingerprint density at radius 2 is 1.78 bits per heavy atom. The molecular formula is C16H19BrN2O4. The standard InChI is InChI=1S/C16H19BrN2O4/c17-11-2-4-12(5-3-11)19-13(20)6-9-18-14(21)10-16(15(22)23)7-1-8-16/h2-5H,1,6-10H2,(H,18,21)(H,19,20)(H,22,23). The number of nitrogens with one attached hydrogen (secondary N) is 2. The van der Waals surface area contributed by atoms with Gasteiger partial charge in [-0.2, -0.15) is 0 Å². The van der Waals surface area contributed by atoms with Crippen LogP contribution in [0.5, 0.6) is 0 Å². The fourth-order valence-corrected chi connectivity index (χ4v) is 2.78. The van der Waals surface area contributed by atoms with Crippen molar-refractivity contribution < 1.29 is 19.5 Å². The van der Waals surface area contributed by atoms with Gasteiger partial charge in [0.15, 0.2) is 0 Å². The molecule has 1 aromatic carbocycles. The molecule has 23 heavy (non-hydrogen) atoms. The van der Waals surface area contributed by atoms with Crippen LogP contribution in [0, 0.1) is 5.41 Å². The molecule has 0 heterocycles. The molecule has 1 aliphatic carbocycles. The van der Waals surface area contributed by atoms with Gasteiger partial charge in [0.1, 0.15) is 0 Å². The minimum Gasteiger partial charge on any atom is -0.481 e. The Hall–Kier alpha value is -1.89. The average molecular weight is 383 g/mol. The van der Waals surface area contributed by atoms with Crippen molar-refractivity contribution in [3.63, 3.8) is 0 Å². The SMILES string of the molecule is O=C(CC1(C(=O)O)CCC1)NCCC(=O)Nc1ccc(Br)cc1. The number of hydrogen-bond acceptors (Lipinski definition) is 3. The number of benzene rings is 1. The zero-order valence-corrected chi connectivity index (χ0v) is 14.2. The second-order valence-corrected chi connectivity index (χ2v) is 6.69. The number of carbonyl (C=O) groups excluding carboxylic acids is 2. The van der Waals surface area contributed by atoms with Crippen LogP contribution in [0.25, 0.3) is 0 Å². The summed E-state index contributed by atoms with van der Waals surface area (Å²) < 4.78 is 0.922. The first kappa shape index (κ1) is 17.5. The van der Waals surface area contributed by atoms with Crippen molar-refractivity contribution in [2.24, 2.45) is 5.41 Å². The second-order valence-electron chi connectivity index (χ2n) is 5.77. The van der Waals surface area contributed by atoms with Crippen LogP contribution < -0.4 is 10.6 Å². The predicted molar refractivity (Wildman–Crippen MR) is 88.9 cm³/mol. The molecule has 0 unspecified atom stereocenters. The minimum atomic E-state index is -0.910. The Kier molecular flexibility index (Phi) is 5.76. The highest BCUT2D eigenvalue weighted by Crippen LogP contribution is 2.44. The van der Waals surface area contributed by atoms with E-state index in [-0.39, 0.29) is 31.2 Å². The zero-order valence-electron chi connectivity index (χ0n) is 12.6. The maximum atomic E-state index is 11.8. The Bertz CT molecular complexity index is 597. The summed E-state index contributed by atoms with van der Waals surface area (Å²) in [5, 5.41) is 14.5. The number of carboxylic acids is 1. The fourth-order valence-electron chi connectivity index (χ4n) is 2.51. The Labute approximate surface area is 142 Å². The molecule has 3 N–H and O–H groups in total. The van der Waals surface area contributed by atoms with Gasteiger partial charge >= 0.3 is 5.97 Å².